The van der Waals surface area contributed by atoms with E-state index >= 15 is 0 Å². The van der Waals surface area contributed by atoms with Crippen LogP contribution in [0.25, 0.3) is 10.8 Å². The normalized spacial score (nSPS) is 19.8. The number of carbonyl (C=O) groups is 1. The van der Waals surface area contributed by atoms with Gasteiger partial charge in [0.15, 0.2) is 6.23 Å². The highest BCUT2D eigenvalue weighted by atomic mass is 32.2. The van der Waals surface area contributed by atoms with E-state index in [1.54, 1.807) is 24.6 Å². The Balaban J connectivity index is 1.36. The predicted octanol–water partition coefficient (Wildman–Crippen LogP) is 3.95. The molecule has 5 rings (SSSR count). The fourth-order valence-electron chi connectivity index (χ4n) is 5.30. The summed E-state index contributed by atoms with van der Waals surface area (Å²) in [7, 11) is -2.11. The van der Waals surface area contributed by atoms with Gasteiger partial charge in [-0.05, 0) is 42.8 Å². The third-order valence-corrected chi connectivity index (χ3v) is 10.4. The van der Waals surface area contributed by atoms with E-state index in [0.29, 0.717) is 45.0 Å². The standard InChI is InChI=1S/C27H33N3O6S2/c1-35-16-17-36-15-6-13-29-22-12-11-21(19-7-4-8-20(25(19)22)27(29)32)28-26(31)23-9-2-3-14-30(23)38(33,34)24-10-5-18-37-24/h4-5,7-8,10-12,18,23,27,32H,2-3,6,9,13-17H2,1H3,(H,28,31). The van der Waals surface area contributed by atoms with Crippen molar-refractivity contribution in [2.75, 3.05) is 50.2 Å². The number of methoxy groups -OCH3 is 1. The van der Waals surface area contributed by atoms with E-state index in [0.717, 1.165) is 52.6 Å². The number of nitrogens with zero attached hydrogens (tertiary/aromatic N) is 2. The van der Waals surface area contributed by atoms with Gasteiger partial charge in [-0.15, -0.1) is 11.3 Å². The zero-order valence-corrected chi connectivity index (χ0v) is 23.0. The molecule has 1 amide bonds. The van der Waals surface area contributed by atoms with Crippen molar-refractivity contribution in [3.05, 3.63) is 53.4 Å². The summed E-state index contributed by atoms with van der Waals surface area (Å²) in [5.74, 6) is -0.339. The molecule has 2 N–H and O–H groups in total. The van der Waals surface area contributed by atoms with E-state index in [9.17, 15) is 18.3 Å². The Hall–Kier alpha value is -2.54. The number of carbonyl (C=O) groups excluding carboxylic acids is 1. The SMILES string of the molecule is COCCOCCCN1c2ccc(NC(=O)C3CCCCN3S(=O)(=O)c3cccs3)c3cccc(c23)C1O. The van der Waals surface area contributed by atoms with E-state index < -0.39 is 22.3 Å². The first-order chi connectivity index (χ1) is 18.4. The highest BCUT2D eigenvalue weighted by molar-refractivity contribution is 7.91. The Morgan fingerprint density at radius 2 is 2.00 bits per heavy atom. The fraction of sp³-hybridized carbons (Fsp3) is 0.444. The zero-order valence-electron chi connectivity index (χ0n) is 21.3. The molecule has 0 aliphatic carbocycles. The molecule has 2 aromatic carbocycles. The third-order valence-electron chi connectivity index (χ3n) is 7.13. The van der Waals surface area contributed by atoms with Crippen LogP contribution in [-0.2, 0) is 24.3 Å². The fourth-order valence-corrected chi connectivity index (χ4v) is 8.08. The minimum Gasteiger partial charge on any atom is -0.382 e. The minimum atomic E-state index is -3.75. The summed E-state index contributed by atoms with van der Waals surface area (Å²) in [6.07, 6.45) is 1.93. The highest BCUT2D eigenvalue weighted by Gasteiger charge is 2.38. The molecule has 0 radical (unpaired) electrons. The summed E-state index contributed by atoms with van der Waals surface area (Å²) in [4.78, 5) is 15.4. The summed E-state index contributed by atoms with van der Waals surface area (Å²) >= 11 is 1.16. The summed E-state index contributed by atoms with van der Waals surface area (Å²) in [5.41, 5.74) is 2.29. The Labute approximate surface area is 227 Å². The van der Waals surface area contributed by atoms with Gasteiger partial charge in [0.2, 0.25) is 5.91 Å². The van der Waals surface area contributed by atoms with E-state index in [4.69, 9.17) is 9.47 Å². The number of sulfonamides is 1. The number of hydrogen-bond acceptors (Lipinski definition) is 8. The van der Waals surface area contributed by atoms with Crippen molar-refractivity contribution in [2.45, 2.75) is 42.2 Å². The Kier molecular flexibility index (Phi) is 8.32. The molecule has 2 aliphatic heterocycles. The average Bonchev–Trinajstić information content (AvgIpc) is 3.57. The molecule has 2 atom stereocenters. The summed E-state index contributed by atoms with van der Waals surface area (Å²) < 4.78 is 38.7. The molecule has 3 aromatic rings. The summed E-state index contributed by atoms with van der Waals surface area (Å²) in [6, 6.07) is 11.9. The first-order valence-electron chi connectivity index (χ1n) is 12.9. The number of ether oxygens (including phenoxy) is 2. The maximum Gasteiger partial charge on any atom is 0.253 e. The van der Waals surface area contributed by atoms with Crippen molar-refractivity contribution < 1.29 is 27.8 Å². The molecule has 9 nitrogen and oxygen atoms in total. The average molecular weight is 560 g/mol. The van der Waals surface area contributed by atoms with E-state index in [1.807, 2.05) is 35.2 Å². The molecule has 0 bridgehead atoms. The molecule has 11 heteroatoms. The van der Waals surface area contributed by atoms with Crippen molar-refractivity contribution in [3.8, 4) is 0 Å². The Morgan fingerprint density at radius 1 is 1.13 bits per heavy atom. The van der Waals surface area contributed by atoms with Crippen LogP contribution in [0.5, 0.6) is 0 Å². The van der Waals surface area contributed by atoms with Crippen LogP contribution in [-0.4, -0.2) is 69.8 Å². The molecular weight excluding hydrogens is 526 g/mol. The number of anilines is 2. The van der Waals surface area contributed by atoms with Gasteiger partial charge in [-0.3, -0.25) is 4.79 Å². The van der Waals surface area contributed by atoms with Crippen molar-refractivity contribution in [2.24, 2.45) is 0 Å². The lowest BCUT2D eigenvalue weighted by molar-refractivity contribution is -0.120. The summed E-state index contributed by atoms with van der Waals surface area (Å²) in [5, 5.41) is 17.5. The van der Waals surface area contributed by atoms with Gasteiger partial charge in [0.05, 0.1) is 13.2 Å². The van der Waals surface area contributed by atoms with Crippen LogP contribution in [0, 0.1) is 0 Å². The first-order valence-corrected chi connectivity index (χ1v) is 15.2. The number of hydrogen-bond donors (Lipinski definition) is 2. The number of benzene rings is 2. The number of amides is 1. The molecule has 1 saturated heterocycles. The number of nitrogens with one attached hydrogen (secondary N) is 1. The molecule has 2 unspecified atom stereocenters. The lowest BCUT2D eigenvalue weighted by atomic mass is 10.0. The smallest absolute Gasteiger partial charge is 0.253 e. The van der Waals surface area contributed by atoms with Crippen molar-refractivity contribution in [1.29, 1.82) is 0 Å². The second kappa shape index (κ2) is 11.7. The van der Waals surface area contributed by atoms with Crippen LogP contribution in [0.3, 0.4) is 0 Å². The molecular formula is C27H33N3O6S2. The monoisotopic (exact) mass is 559 g/mol. The number of thiophene rings is 1. The van der Waals surface area contributed by atoms with Crippen LogP contribution < -0.4 is 10.2 Å². The van der Waals surface area contributed by atoms with Crippen LogP contribution in [0.2, 0.25) is 0 Å². The Morgan fingerprint density at radius 3 is 2.79 bits per heavy atom. The van der Waals surface area contributed by atoms with Gasteiger partial charge in [0, 0.05) is 54.5 Å². The first kappa shape index (κ1) is 27.0. The lowest BCUT2D eigenvalue weighted by Crippen LogP contribution is -2.49. The highest BCUT2D eigenvalue weighted by Crippen LogP contribution is 2.45. The topological polar surface area (TPSA) is 108 Å². The van der Waals surface area contributed by atoms with Crippen molar-refractivity contribution in [1.82, 2.24) is 4.31 Å². The number of aliphatic hydroxyl groups is 1. The van der Waals surface area contributed by atoms with Gasteiger partial charge in [0.1, 0.15) is 10.3 Å². The second-order valence-corrected chi connectivity index (χ2v) is 12.5. The van der Waals surface area contributed by atoms with Crippen LogP contribution in [0.1, 0.15) is 37.5 Å². The third kappa shape index (κ3) is 5.18. The molecule has 2 aliphatic rings. The largest absolute Gasteiger partial charge is 0.382 e. The van der Waals surface area contributed by atoms with Crippen LogP contribution in [0.4, 0.5) is 11.4 Å². The Bertz CT molecular complexity index is 1380. The van der Waals surface area contributed by atoms with E-state index in [1.165, 1.54) is 4.31 Å². The van der Waals surface area contributed by atoms with Crippen LogP contribution in [0.15, 0.2) is 52.1 Å². The number of rotatable bonds is 11. The van der Waals surface area contributed by atoms with E-state index in [2.05, 4.69) is 5.32 Å². The van der Waals surface area contributed by atoms with Gasteiger partial charge in [0.25, 0.3) is 10.0 Å². The molecule has 38 heavy (non-hydrogen) atoms. The second-order valence-electron chi connectivity index (χ2n) is 9.48. The maximum absolute atomic E-state index is 13.5. The minimum absolute atomic E-state index is 0.251. The predicted molar refractivity (Wildman–Crippen MR) is 148 cm³/mol. The zero-order chi connectivity index (χ0) is 26.7. The van der Waals surface area contributed by atoms with Gasteiger partial charge in [-0.1, -0.05) is 30.7 Å². The van der Waals surface area contributed by atoms with Gasteiger partial charge in [-0.2, -0.15) is 4.31 Å². The molecule has 3 heterocycles. The lowest BCUT2D eigenvalue weighted by Gasteiger charge is -2.33. The maximum atomic E-state index is 13.5. The van der Waals surface area contributed by atoms with Gasteiger partial charge >= 0.3 is 0 Å². The van der Waals surface area contributed by atoms with Crippen molar-refractivity contribution in [3.63, 3.8) is 0 Å². The van der Waals surface area contributed by atoms with Gasteiger partial charge in [-0.25, -0.2) is 8.42 Å². The number of piperidine rings is 1. The molecule has 1 fully saturated rings. The van der Waals surface area contributed by atoms with Crippen LogP contribution >= 0.6 is 11.3 Å². The van der Waals surface area contributed by atoms with Gasteiger partial charge < -0.3 is 24.8 Å². The number of aliphatic hydroxyl groups excluding tert-OH is 1. The molecule has 204 valence electrons. The quantitative estimate of drug-likeness (QED) is 0.343. The van der Waals surface area contributed by atoms with Crippen molar-refractivity contribution >= 4 is 49.4 Å². The molecule has 0 spiro atoms. The molecule has 0 saturated carbocycles. The van der Waals surface area contributed by atoms with E-state index in [-0.39, 0.29) is 10.1 Å². The molecule has 1 aromatic heterocycles. The summed E-state index contributed by atoms with van der Waals surface area (Å²) in [6.45, 7) is 2.57.